The third-order valence-corrected chi connectivity index (χ3v) is 4.90. The highest BCUT2D eigenvalue weighted by molar-refractivity contribution is 6.33. The van der Waals surface area contributed by atoms with Crippen molar-refractivity contribution in [1.29, 1.82) is 0 Å². The summed E-state index contributed by atoms with van der Waals surface area (Å²) < 4.78 is 43.2. The van der Waals surface area contributed by atoms with E-state index in [2.05, 4.69) is 15.5 Å². The number of carbonyl (C=O) groups is 1. The number of anilines is 1. The van der Waals surface area contributed by atoms with E-state index in [1.54, 1.807) is 4.90 Å². The first-order valence-electron chi connectivity index (χ1n) is 7.77. The zero-order valence-corrected chi connectivity index (χ0v) is 13.7. The number of alkyl carbamates (subject to hydrolysis) is 1. The molecule has 2 heterocycles. The van der Waals surface area contributed by atoms with Gasteiger partial charge in [0.25, 0.3) is 5.56 Å². The van der Waals surface area contributed by atoms with E-state index in [-0.39, 0.29) is 24.4 Å². The van der Waals surface area contributed by atoms with Crippen LogP contribution in [0.25, 0.3) is 0 Å². The normalized spacial score (nSPS) is 26.2. The highest BCUT2D eigenvalue weighted by Gasteiger charge is 2.50. The van der Waals surface area contributed by atoms with Gasteiger partial charge in [0.1, 0.15) is 11.1 Å². The Bertz CT molecular complexity index is 711. The van der Waals surface area contributed by atoms with Crippen molar-refractivity contribution in [3.8, 4) is 0 Å². The van der Waals surface area contributed by atoms with Gasteiger partial charge in [-0.05, 0) is 12.8 Å². The summed E-state index contributed by atoms with van der Waals surface area (Å²) in [5, 5.41) is 8.15. The van der Waals surface area contributed by atoms with Crippen molar-refractivity contribution in [2.24, 2.45) is 5.92 Å². The standard InChI is InChI=1S/C14H16ClF3N4O3/c15-11-10(5-19-21-12(11)23)22-4-3-7(6-22)25-13(24)20-9-2-1-8(9)14(16,17)18/h5,7-9H,1-4,6H2,(H,20,24)(H,21,23)/t7-,8-,9-/m1/s1. The van der Waals surface area contributed by atoms with E-state index in [1.165, 1.54) is 6.20 Å². The molecule has 2 fully saturated rings. The topological polar surface area (TPSA) is 87.3 Å². The van der Waals surface area contributed by atoms with Gasteiger partial charge in [-0.3, -0.25) is 4.79 Å². The lowest BCUT2D eigenvalue weighted by molar-refractivity contribution is -0.202. The molecule has 3 rings (SSSR count). The molecule has 138 valence electrons. The molecule has 2 N–H and O–H groups in total. The second kappa shape index (κ2) is 6.74. The molecule has 1 saturated heterocycles. The van der Waals surface area contributed by atoms with Gasteiger partial charge >= 0.3 is 12.3 Å². The molecule has 25 heavy (non-hydrogen) atoms. The number of carbonyl (C=O) groups excluding carboxylic acids is 1. The SMILES string of the molecule is O=C(N[C@@H]1CC[C@H]1C(F)(F)F)O[C@@H]1CCN(c2cn[nH]c(=O)c2Cl)C1. The number of nitrogens with zero attached hydrogens (tertiary/aromatic N) is 2. The summed E-state index contributed by atoms with van der Waals surface area (Å²) in [6.07, 6.45) is -3.51. The van der Waals surface area contributed by atoms with Crippen molar-refractivity contribution in [3.05, 3.63) is 21.6 Å². The number of rotatable bonds is 3. The predicted molar refractivity (Wildman–Crippen MR) is 82.7 cm³/mol. The van der Waals surface area contributed by atoms with E-state index in [0.29, 0.717) is 18.7 Å². The molecular weight excluding hydrogens is 365 g/mol. The van der Waals surface area contributed by atoms with Crippen LogP contribution in [0.15, 0.2) is 11.0 Å². The van der Waals surface area contributed by atoms with Crippen molar-refractivity contribution < 1.29 is 22.7 Å². The maximum Gasteiger partial charge on any atom is 0.407 e. The molecule has 0 spiro atoms. The number of aromatic nitrogens is 2. The number of hydrogen-bond acceptors (Lipinski definition) is 5. The Labute approximate surface area is 145 Å². The Hall–Kier alpha value is -1.97. The number of alkyl halides is 3. The summed E-state index contributed by atoms with van der Waals surface area (Å²) >= 11 is 5.93. The van der Waals surface area contributed by atoms with Crippen molar-refractivity contribution in [3.63, 3.8) is 0 Å². The number of nitrogens with one attached hydrogen (secondary N) is 2. The van der Waals surface area contributed by atoms with E-state index in [9.17, 15) is 22.8 Å². The molecule has 1 aliphatic carbocycles. The van der Waals surface area contributed by atoms with Gasteiger partial charge in [0.2, 0.25) is 0 Å². The molecule has 2 aliphatic rings. The second-order valence-corrected chi connectivity index (χ2v) is 6.51. The van der Waals surface area contributed by atoms with E-state index >= 15 is 0 Å². The number of halogens is 4. The molecule has 7 nitrogen and oxygen atoms in total. The van der Waals surface area contributed by atoms with Crippen molar-refractivity contribution in [2.75, 3.05) is 18.0 Å². The van der Waals surface area contributed by atoms with E-state index < -0.39 is 35.9 Å². The zero-order chi connectivity index (χ0) is 18.2. The fraction of sp³-hybridized carbons (Fsp3) is 0.643. The Morgan fingerprint density at radius 3 is 2.80 bits per heavy atom. The van der Waals surface area contributed by atoms with Gasteiger partial charge in [-0.15, -0.1) is 0 Å². The molecule has 0 aromatic carbocycles. The van der Waals surface area contributed by atoms with Crippen LogP contribution in [0.1, 0.15) is 19.3 Å². The van der Waals surface area contributed by atoms with E-state index in [1.807, 2.05) is 0 Å². The van der Waals surface area contributed by atoms with Gasteiger partial charge in [-0.25, -0.2) is 9.89 Å². The molecule has 1 amide bonds. The van der Waals surface area contributed by atoms with E-state index in [4.69, 9.17) is 16.3 Å². The van der Waals surface area contributed by atoms with Crippen molar-refractivity contribution >= 4 is 23.4 Å². The Morgan fingerprint density at radius 1 is 1.40 bits per heavy atom. The third-order valence-electron chi connectivity index (χ3n) is 4.53. The first-order valence-corrected chi connectivity index (χ1v) is 8.15. The minimum Gasteiger partial charge on any atom is -0.444 e. The van der Waals surface area contributed by atoms with Crippen LogP contribution in [0.2, 0.25) is 5.02 Å². The first kappa shape index (κ1) is 17.8. The minimum absolute atomic E-state index is 0.0115. The fourth-order valence-electron chi connectivity index (χ4n) is 3.04. The fourth-order valence-corrected chi connectivity index (χ4v) is 3.25. The van der Waals surface area contributed by atoms with Crippen LogP contribution >= 0.6 is 11.6 Å². The predicted octanol–water partition coefficient (Wildman–Crippen LogP) is 2.07. The lowest BCUT2D eigenvalue weighted by Gasteiger charge is -2.37. The molecule has 1 aliphatic heterocycles. The van der Waals surface area contributed by atoms with Crippen LogP contribution in [-0.4, -0.2) is 47.7 Å². The maximum atomic E-state index is 12.7. The average Bonchev–Trinajstić information content (AvgIpc) is 2.93. The molecule has 3 atom stereocenters. The van der Waals surface area contributed by atoms with Gasteiger partial charge in [-0.2, -0.15) is 18.3 Å². The molecule has 0 unspecified atom stereocenters. The highest BCUT2D eigenvalue weighted by Crippen LogP contribution is 2.41. The Kier molecular flexibility index (Phi) is 4.81. The Balaban J connectivity index is 1.52. The number of aromatic amines is 1. The van der Waals surface area contributed by atoms with Crippen molar-refractivity contribution in [2.45, 2.75) is 37.6 Å². The molecular formula is C14H16ClF3N4O3. The molecule has 0 bridgehead atoms. The van der Waals surface area contributed by atoms with Gasteiger partial charge < -0.3 is 15.0 Å². The van der Waals surface area contributed by atoms with Gasteiger partial charge in [0.05, 0.1) is 24.3 Å². The number of hydrogen-bond donors (Lipinski definition) is 2. The van der Waals surface area contributed by atoms with Crippen LogP contribution in [-0.2, 0) is 4.74 Å². The third kappa shape index (κ3) is 3.83. The lowest BCUT2D eigenvalue weighted by Crippen LogP contribution is -2.53. The van der Waals surface area contributed by atoms with Gasteiger partial charge in [0.15, 0.2) is 0 Å². The quantitative estimate of drug-likeness (QED) is 0.838. The zero-order valence-electron chi connectivity index (χ0n) is 13.0. The monoisotopic (exact) mass is 380 g/mol. The molecule has 11 heteroatoms. The van der Waals surface area contributed by atoms with Crippen LogP contribution in [0.3, 0.4) is 0 Å². The second-order valence-electron chi connectivity index (χ2n) is 6.14. The number of ether oxygens (including phenoxy) is 1. The average molecular weight is 381 g/mol. The maximum absolute atomic E-state index is 12.7. The first-order chi connectivity index (χ1) is 11.8. The van der Waals surface area contributed by atoms with Crippen LogP contribution in [0.5, 0.6) is 0 Å². The largest absolute Gasteiger partial charge is 0.444 e. The smallest absolute Gasteiger partial charge is 0.407 e. The van der Waals surface area contributed by atoms with Crippen LogP contribution in [0, 0.1) is 5.92 Å². The molecule has 1 saturated carbocycles. The summed E-state index contributed by atoms with van der Waals surface area (Å²) in [5.41, 5.74) is -0.0995. The molecule has 1 aromatic rings. The minimum atomic E-state index is -4.32. The van der Waals surface area contributed by atoms with E-state index in [0.717, 1.165) is 0 Å². The summed E-state index contributed by atoms with van der Waals surface area (Å²) in [6, 6.07) is -0.934. The van der Waals surface area contributed by atoms with Crippen molar-refractivity contribution in [1.82, 2.24) is 15.5 Å². The van der Waals surface area contributed by atoms with Gasteiger partial charge in [0, 0.05) is 19.0 Å². The molecule has 1 aromatic heterocycles. The summed E-state index contributed by atoms with van der Waals surface area (Å²) in [6.45, 7) is 0.767. The molecule has 0 radical (unpaired) electrons. The number of amides is 1. The van der Waals surface area contributed by atoms with Crippen LogP contribution < -0.4 is 15.8 Å². The Morgan fingerprint density at radius 2 is 2.16 bits per heavy atom. The summed E-state index contributed by atoms with van der Waals surface area (Å²) in [7, 11) is 0. The lowest BCUT2D eigenvalue weighted by atomic mass is 9.79. The number of H-pyrrole nitrogens is 1. The highest BCUT2D eigenvalue weighted by atomic mass is 35.5. The van der Waals surface area contributed by atoms with Crippen LogP contribution in [0.4, 0.5) is 23.7 Å². The van der Waals surface area contributed by atoms with Gasteiger partial charge in [-0.1, -0.05) is 11.6 Å². The summed E-state index contributed by atoms with van der Waals surface area (Å²) in [5.74, 6) is -1.51. The summed E-state index contributed by atoms with van der Waals surface area (Å²) in [4.78, 5) is 25.0.